The lowest BCUT2D eigenvalue weighted by Gasteiger charge is -2.17. The molecule has 0 aliphatic heterocycles. The fourth-order valence-corrected chi connectivity index (χ4v) is 3.26. The van der Waals surface area contributed by atoms with E-state index in [-0.39, 0.29) is 6.61 Å². The zero-order valence-corrected chi connectivity index (χ0v) is 16.4. The van der Waals surface area contributed by atoms with Crippen molar-refractivity contribution in [2.24, 2.45) is 5.73 Å². The Bertz CT molecular complexity index is 989. The highest BCUT2D eigenvalue weighted by molar-refractivity contribution is 5.92. The summed E-state index contributed by atoms with van der Waals surface area (Å²) in [5.74, 6) is -0.355. The minimum absolute atomic E-state index is 0.200. The normalized spacial score (nSPS) is 11.8. The lowest BCUT2D eigenvalue weighted by Crippen LogP contribution is -2.47. The van der Waals surface area contributed by atoms with Gasteiger partial charge in [-0.1, -0.05) is 60.7 Å². The molecule has 1 atom stereocenters. The zero-order valence-electron chi connectivity index (χ0n) is 16.4. The van der Waals surface area contributed by atoms with Crippen molar-refractivity contribution in [2.75, 3.05) is 13.7 Å². The van der Waals surface area contributed by atoms with E-state index in [9.17, 15) is 9.59 Å². The van der Waals surface area contributed by atoms with E-state index in [0.29, 0.717) is 12.2 Å². The van der Waals surface area contributed by atoms with Crippen molar-refractivity contribution < 1.29 is 14.3 Å². The van der Waals surface area contributed by atoms with Crippen LogP contribution in [0.25, 0.3) is 10.8 Å². The summed E-state index contributed by atoms with van der Waals surface area (Å²) in [5, 5.41) is 7.82. The molecule has 0 heterocycles. The molecule has 3 aromatic carbocycles. The van der Waals surface area contributed by atoms with Gasteiger partial charge in [0.2, 0.25) is 5.91 Å². The Morgan fingerprint density at radius 2 is 1.66 bits per heavy atom. The molecule has 150 valence electrons. The molecule has 4 N–H and O–H groups in total. The molecule has 0 aliphatic carbocycles. The third-order valence-corrected chi connectivity index (χ3v) is 4.66. The lowest BCUT2D eigenvalue weighted by atomic mass is 10.0. The number of carbonyl (C=O) groups excluding carboxylic acids is 2. The Labute approximate surface area is 170 Å². The van der Waals surface area contributed by atoms with Gasteiger partial charge in [-0.3, -0.25) is 9.59 Å². The molecule has 0 saturated carbocycles. The van der Waals surface area contributed by atoms with Gasteiger partial charge in [-0.25, -0.2) is 0 Å². The number of primary amides is 1. The number of hydrogen-bond donors (Lipinski definition) is 3. The number of ether oxygens (including phenoxy) is 1. The first-order valence-electron chi connectivity index (χ1n) is 9.49. The quantitative estimate of drug-likeness (QED) is 0.521. The minimum atomic E-state index is -0.789. The summed E-state index contributed by atoms with van der Waals surface area (Å²) in [6, 6.07) is 20.4. The molecule has 0 fully saturated rings. The first kappa shape index (κ1) is 20.4. The highest BCUT2D eigenvalue weighted by Gasteiger charge is 2.19. The van der Waals surface area contributed by atoms with E-state index < -0.39 is 17.9 Å². The fourth-order valence-electron chi connectivity index (χ4n) is 3.26. The summed E-state index contributed by atoms with van der Waals surface area (Å²) in [5.41, 5.74) is 7.53. The molecule has 0 unspecified atom stereocenters. The third-order valence-electron chi connectivity index (χ3n) is 4.66. The minimum Gasteiger partial charge on any atom is -0.483 e. The Hall–Kier alpha value is -3.38. The number of hydrogen-bond acceptors (Lipinski definition) is 4. The van der Waals surface area contributed by atoms with E-state index in [2.05, 4.69) is 10.6 Å². The third kappa shape index (κ3) is 5.33. The maximum Gasteiger partial charge on any atom is 0.258 e. The van der Waals surface area contributed by atoms with E-state index in [1.165, 1.54) is 0 Å². The molecule has 0 bridgehead atoms. The number of rotatable bonds is 9. The number of carbonyl (C=O) groups is 2. The van der Waals surface area contributed by atoms with Gasteiger partial charge in [0.05, 0.1) is 0 Å². The van der Waals surface area contributed by atoms with Gasteiger partial charge in [0, 0.05) is 18.4 Å². The first-order valence-corrected chi connectivity index (χ1v) is 9.49. The van der Waals surface area contributed by atoms with Crippen LogP contribution >= 0.6 is 0 Å². The van der Waals surface area contributed by atoms with Crippen molar-refractivity contribution >= 4 is 22.6 Å². The molecule has 3 aromatic rings. The number of fused-ring (bicyclic) bond motifs is 1. The summed E-state index contributed by atoms with van der Waals surface area (Å²) in [7, 11) is 1.90. The summed E-state index contributed by atoms with van der Waals surface area (Å²) >= 11 is 0. The van der Waals surface area contributed by atoms with Crippen LogP contribution in [0, 0.1) is 0 Å². The highest BCUT2D eigenvalue weighted by atomic mass is 16.5. The molecular formula is C23H25N3O3. The Balaban J connectivity index is 1.67. The van der Waals surface area contributed by atoms with Gasteiger partial charge in [-0.2, -0.15) is 0 Å². The second-order valence-corrected chi connectivity index (χ2v) is 6.80. The van der Waals surface area contributed by atoms with Crippen molar-refractivity contribution in [3.8, 4) is 5.75 Å². The zero-order chi connectivity index (χ0) is 20.6. The van der Waals surface area contributed by atoms with Crippen LogP contribution < -0.4 is 21.1 Å². The number of benzene rings is 3. The molecule has 0 spiro atoms. The monoisotopic (exact) mass is 391 g/mol. The van der Waals surface area contributed by atoms with Crippen LogP contribution in [0.15, 0.2) is 66.7 Å². The molecule has 2 amide bonds. The highest BCUT2D eigenvalue weighted by Crippen LogP contribution is 2.28. The van der Waals surface area contributed by atoms with E-state index in [1.807, 2.05) is 73.8 Å². The van der Waals surface area contributed by atoms with Crippen molar-refractivity contribution in [3.05, 3.63) is 77.9 Å². The summed E-state index contributed by atoms with van der Waals surface area (Å²) in [6.45, 7) is 0.537. The van der Waals surface area contributed by atoms with Gasteiger partial charge in [-0.05, 0) is 29.6 Å². The molecule has 0 radical (unpaired) electrons. The molecule has 29 heavy (non-hydrogen) atoms. The second kappa shape index (κ2) is 9.71. The topological polar surface area (TPSA) is 93.4 Å². The Kier molecular flexibility index (Phi) is 6.81. The molecule has 0 aliphatic rings. The number of nitrogens with two attached hydrogens (primary N) is 1. The van der Waals surface area contributed by atoms with Gasteiger partial charge in [0.25, 0.3) is 5.91 Å². The van der Waals surface area contributed by atoms with Gasteiger partial charge in [-0.15, -0.1) is 0 Å². The molecular weight excluding hydrogens is 366 g/mol. The predicted molar refractivity (Wildman–Crippen MR) is 113 cm³/mol. The Morgan fingerprint density at radius 1 is 0.966 bits per heavy atom. The molecule has 0 aromatic heterocycles. The molecule has 6 nitrogen and oxygen atoms in total. The van der Waals surface area contributed by atoms with Crippen LogP contribution in [0.3, 0.4) is 0 Å². The fraction of sp³-hybridized carbons (Fsp3) is 0.217. The van der Waals surface area contributed by atoms with Crippen molar-refractivity contribution in [3.63, 3.8) is 0 Å². The first-order chi connectivity index (χ1) is 14.1. The SMILES string of the molecule is CNCc1ccc(OCC(=O)N[C@H](Cc2ccccc2)C(N)=O)c2ccccc12. The largest absolute Gasteiger partial charge is 0.483 e. The van der Waals surface area contributed by atoms with Crippen LogP contribution in [0.4, 0.5) is 0 Å². The average Bonchev–Trinajstić information content (AvgIpc) is 2.73. The average molecular weight is 391 g/mol. The number of amides is 2. The smallest absolute Gasteiger partial charge is 0.258 e. The van der Waals surface area contributed by atoms with E-state index in [4.69, 9.17) is 10.5 Å². The van der Waals surface area contributed by atoms with Gasteiger partial charge >= 0.3 is 0 Å². The van der Waals surface area contributed by atoms with E-state index >= 15 is 0 Å². The number of nitrogens with one attached hydrogen (secondary N) is 2. The molecule has 0 saturated heterocycles. The van der Waals surface area contributed by atoms with Crippen LogP contribution in [0.2, 0.25) is 0 Å². The summed E-state index contributed by atoms with van der Waals surface area (Å²) in [4.78, 5) is 24.1. The van der Waals surface area contributed by atoms with Crippen LogP contribution in [-0.4, -0.2) is 31.5 Å². The van der Waals surface area contributed by atoms with Gasteiger partial charge < -0.3 is 21.1 Å². The maximum atomic E-state index is 12.4. The maximum absolute atomic E-state index is 12.4. The molecule has 3 rings (SSSR count). The summed E-state index contributed by atoms with van der Waals surface area (Å²) in [6.07, 6.45) is 0.337. The van der Waals surface area contributed by atoms with Crippen LogP contribution in [0.5, 0.6) is 5.75 Å². The van der Waals surface area contributed by atoms with E-state index in [0.717, 1.165) is 28.4 Å². The van der Waals surface area contributed by atoms with Crippen LogP contribution in [-0.2, 0) is 22.6 Å². The van der Waals surface area contributed by atoms with Crippen molar-refractivity contribution in [1.82, 2.24) is 10.6 Å². The van der Waals surface area contributed by atoms with Crippen molar-refractivity contribution in [2.45, 2.75) is 19.0 Å². The second-order valence-electron chi connectivity index (χ2n) is 6.80. The summed E-state index contributed by atoms with van der Waals surface area (Å²) < 4.78 is 5.76. The van der Waals surface area contributed by atoms with E-state index in [1.54, 1.807) is 0 Å². The molecule has 6 heteroatoms. The van der Waals surface area contributed by atoms with Gasteiger partial charge in [0.15, 0.2) is 6.61 Å². The predicted octanol–water partition coefficient (Wildman–Crippen LogP) is 2.15. The van der Waals surface area contributed by atoms with Crippen molar-refractivity contribution in [1.29, 1.82) is 0 Å². The Morgan fingerprint density at radius 3 is 2.34 bits per heavy atom. The lowest BCUT2D eigenvalue weighted by molar-refractivity contribution is -0.128. The van der Waals surface area contributed by atoms with Gasteiger partial charge in [0.1, 0.15) is 11.8 Å². The standard InChI is InChI=1S/C23H25N3O3/c1-25-14-17-11-12-21(19-10-6-5-9-18(17)19)29-15-22(27)26-20(23(24)28)13-16-7-3-2-4-8-16/h2-12,20,25H,13-15H2,1H3,(H2,24,28)(H,26,27)/t20-/m1/s1. The van der Waals surface area contributed by atoms with Crippen LogP contribution in [0.1, 0.15) is 11.1 Å².